The Morgan fingerprint density at radius 2 is 2.11 bits per heavy atom. The number of hydrogen-bond donors (Lipinski definition) is 2. The largest absolute Gasteiger partial charge is 0.488 e. The van der Waals surface area contributed by atoms with E-state index in [1.807, 2.05) is 13.8 Å². The predicted molar refractivity (Wildman–Crippen MR) is 100 cm³/mol. The van der Waals surface area contributed by atoms with Gasteiger partial charge in [0.25, 0.3) is 5.91 Å². The Kier molecular flexibility index (Phi) is 4.57. The van der Waals surface area contributed by atoms with Crippen molar-refractivity contribution < 1.29 is 18.7 Å². The maximum atomic E-state index is 15.0. The average Bonchev–Trinajstić information content (AvgIpc) is 3.24. The number of amides is 1. The van der Waals surface area contributed by atoms with Crippen LogP contribution in [0.2, 0.25) is 0 Å². The van der Waals surface area contributed by atoms with E-state index in [0.717, 1.165) is 13.1 Å². The first-order valence-corrected chi connectivity index (χ1v) is 8.93. The van der Waals surface area contributed by atoms with Crippen molar-refractivity contribution in [2.45, 2.75) is 20.0 Å². The first kappa shape index (κ1) is 17.5. The molecule has 4 rings (SSSR count). The monoisotopic (exact) mass is 372 g/mol. The second-order valence-electron chi connectivity index (χ2n) is 6.74. The molecule has 2 aliphatic rings. The van der Waals surface area contributed by atoms with Crippen molar-refractivity contribution in [2.75, 3.05) is 36.5 Å². The summed E-state index contributed by atoms with van der Waals surface area (Å²) in [6.07, 6.45) is 3.08. The summed E-state index contributed by atoms with van der Waals surface area (Å²) in [5.74, 6) is -0.0576. The highest BCUT2D eigenvalue weighted by Crippen LogP contribution is 2.39. The Morgan fingerprint density at radius 1 is 1.33 bits per heavy atom. The lowest BCUT2D eigenvalue weighted by Crippen LogP contribution is -2.36. The predicted octanol–water partition coefficient (Wildman–Crippen LogP) is 2.67. The quantitative estimate of drug-likeness (QED) is 0.807. The number of nitrogens with zero attached hydrogens (tertiary/aromatic N) is 2. The molecule has 0 bridgehead atoms. The number of ether oxygens (including phenoxy) is 2. The highest BCUT2D eigenvalue weighted by molar-refractivity contribution is 6.35. The van der Waals surface area contributed by atoms with Crippen molar-refractivity contribution in [1.82, 2.24) is 9.97 Å². The van der Waals surface area contributed by atoms with Crippen LogP contribution in [0.3, 0.4) is 0 Å². The number of fused-ring (bicyclic) bond motifs is 1. The van der Waals surface area contributed by atoms with E-state index >= 15 is 0 Å². The Morgan fingerprint density at radius 3 is 2.85 bits per heavy atom. The van der Waals surface area contributed by atoms with Gasteiger partial charge in [-0.2, -0.15) is 0 Å². The third-order valence-corrected chi connectivity index (χ3v) is 4.42. The minimum atomic E-state index is -0.543. The van der Waals surface area contributed by atoms with Crippen LogP contribution in [0.1, 0.15) is 25.1 Å². The maximum Gasteiger partial charge on any atom is 0.256 e. The number of rotatable bonds is 4. The van der Waals surface area contributed by atoms with E-state index in [2.05, 4.69) is 20.2 Å². The maximum absolute atomic E-state index is 15.0. The summed E-state index contributed by atoms with van der Waals surface area (Å²) < 4.78 is 25.8. The van der Waals surface area contributed by atoms with Crippen LogP contribution < -0.4 is 15.0 Å². The minimum Gasteiger partial charge on any atom is -0.488 e. The topological polar surface area (TPSA) is 79.5 Å². The molecule has 2 aromatic rings. The number of carbonyl (C=O) groups is 1. The number of hydrogen-bond acceptors (Lipinski definition) is 5. The molecule has 0 spiro atoms. The van der Waals surface area contributed by atoms with Crippen LogP contribution >= 0.6 is 0 Å². The molecule has 0 atom stereocenters. The zero-order valence-electron chi connectivity index (χ0n) is 15.2. The minimum absolute atomic E-state index is 0.129. The van der Waals surface area contributed by atoms with Crippen LogP contribution in [0.4, 0.5) is 16.0 Å². The van der Waals surface area contributed by atoms with Crippen LogP contribution in [0.25, 0.3) is 11.6 Å². The zero-order valence-corrected chi connectivity index (χ0v) is 15.2. The number of H-pyrrole nitrogens is 1. The molecule has 3 heterocycles. The van der Waals surface area contributed by atoms with Gasteiger partial charge in [-0.1, -0.05) is 0 Å². The molecule has 1 fully saturated rings. The molecule has 0 aliphatic carbocycles. The van der Waals surface area contributed by atoms with Gasteiger partial charge in [-0.3, -0.25) is 4.79 Å². The second kappa shape index (κ2) is 7.03. The molecule has 1 aromatic heterocycles. The number of carbonyl (C=O) groups excluding carboxylic acids is 1. The van der Waals surface area contributed by atoms with Gasteiger partial charge in [0.05, 0.1) is 48.0 Å². The molecule has 27 heavy (non-hydrogen) atoms. The third kappa shape index (κ3) is 3.40. The van der Waals surface area contributed by atoms with Gasteiger partial charge >= 0.3 is 0 Å². The van der Waals surface area contributed by atoms with E-state index in [1.54, 1.807) is 18.3 Å². The Labute approximate surface area is 156 Å². The van der Waals surface area contributed by atoms with Crippen LogP contribution in [0, 0.1) is 5.82 Å². The average molecular weight is 372 g/mol. The van der Waals surface area contributed by atoms with Crippen molar-refractivity contribution >= 4 is 29.2 Å². The van der Waals surface area contributed by atoms with Gasteiger partial charge in [0.1, 0.15) is 0 Å². The van der Waals surface area contributed by atoms with Gasteiger partial charge in [0.2, 0.25) is 5.95 Å². The van der Waals surface area contributed by atoms with Crippen LogP contribution in [0.15, 0.2) is 18.3 Å². The molecule has 142 valence electrons. The summed E-state index contributed by atoms with van der Waals surface area (Å²) in [6.45, 7) is 6.44. The molecule has 0 radical (unpaired) electrons. The lowest BCUT2D eigenvalue weighted by molar-refractivity contribution is -0.110. The smallest absolute Gasteiger partial charge is 0.256 e. The summed E-state index contributed by atoms with van der Waals surface area (Å²) >= 11 is 0. The fourth-order valence-corrected chi connectivity index (χ4v) is 3.20. The molecule has 2 N–H and O–H groups in total. The number of nitrogens with one attached hydrogen (secondary N) is 2. The molecule has 1 saturated heterocycles. The van der Waals surface area contributed by atoms with Crippen molar-refractivity contribution in [3.05, 3.63) is 35.4 Å². The lowest BCUT2D eigenvalue weighted by Gasteiger charge is -2.26. The van der Waals surface area contributed by atoms with Crippen molar-refractivity contribution in [1.29, 1.82) is 0 Å². The number of aromatic nitrogens is 2. The summed E-state index contributed by atoms with van der Waals surface area (Å²) in [5.41, 5.74) is 1.53. The van der Waals surface area contributed by atoms with Crippen molar-refractivity contribution in [3.8, 4) is 5.75 Å². The molecule has 7 nitrogen and oxygen atoms in total. The molecule has 8 heteroatoms. The summed E-state index contributed by atoms with van der Waals surface area (Å²) in [7, 11) is 0. The molecule has 0 unspecified atom stereocenters. The Hall–Kier alpha value is -2.87. The van der Waals surface area contributed by atoms with E-state index in [1.165, 1.54) is 6.07 Å². The number of benzene rings is 1. The number of aromatic amines is 1. The van der Waals surface area contributed by atoms with Crippen LogP contribution in [0.5, 0.6) is 5.75 Å². The van der Waals surface area contributed by atoms with Gasteiger partial charge in [-0.05, 0) is 32.1 Å². The fourth-order valence-electron chi connectivity index (χ4n) is 3.20. The second-order valence-corrected chi connectivity index (χ2v) is 6.74. The van der Waals surface area contributed by atoms with Gasteiger partial charge in [0.15, 0.2) is 11.6 Å². The Bertz CT molecular complexity index is 900. The number of imidazole rings is 1. The van der Waals surface area contributed by atoms with E-state index < -0.39 is 5.82 Å². The molecule has 1 aromatic carbocycles. The fraction of sp³-hybridized carbons (Fsp3) is 0.368. The molecular weight excluding hydrogens is 351 g/mol. The highest BCUT2D eigenvalue weighted by Gasteiger charge is 2.30. The van der Waals surface area contributed by atoms with Crippen molar-refractivity contribution in [3.63, 3.8) is 0 Å². The van der Waals surface area contributed by atoms with E-state index in [4.69, 9.17) is 9.47 Å². The van der Waals surface area contributed by atoms with Gasteiger partial charge in [0, 0.05) is 13.1 Å². The van der Waals surface area contributed by atoms with Gasteiger partial charge in [-0.15, -0.1) is 0 Å². The van der Waals surface area contributed by atoms with Crippen LogP contribution in [-0.2, 0) is 9.53 Å². The zero-order chi connectivity index (χ0) is 19.0. The van der Waals surface area contributed by atoms with Crippen LogP contribution in [-0.4, -0.2) is 48.3 Å². The number of halogens is 1. The molecule has 0 saturated carbocycles. The summed E-state index contributed by atoms with van der Waals surface area (Å²) in [4.78, 5) is 22.0. The first-order valence-electron chi connectivity index (χ1n) is 8.93. The molecule has 2 aliphatic heterocycles. The number of anilines is 2. The number of morpholine rings is 1. The van der Waals surface area contributed by atoms with E-state index in [9.17, 15) is 9.18 Å². The van der Waals surface area contributed by atoms with E-state index in [-0.39, 0.29) is 28.9 Å². The Balaban J connectivity index is 1.67. The van der Waals surface area contributed by atoms with E-state index in [0.29, 0.717) is 30.5 Å². The highest BCUT2D eigenvalue weighted by atomic mass is 19.1. The normalized spacial score (nSPS) is 18.1. The third-order valence-electron chi connectivity index (χ3n) is 4.42. The van der Waals surface area contributed by atoms with Gasteiger partial charge < -0.3 is 24.7 Å². The standard InChI is InChI=1S/C19H21FN4O3/c1-11(2)27-15-4-3-14-16(17(15)20)13(18(25)23-14)9-12-10-21-19(22-12)24-5-7-26-8-6-24/h3-4,9-11H,5-8H2,1-2H3,(H,21,22)(H,23,25)/b13-9-. The van der Waals surface area contributed by atoms with Gasteiger partial charge in [-0.25, -0.2) is 9.37 Å². The summed E-state index contributed by atoms with van der Waals surface area (Å²) in [5, 5.41) is 2.70. The lowest BCUT2D eigenvalue weighted by atomic mass is 10.0. The first-order chi connectivity index (χ1) is 13.0. The molecular formula is C19H21FN4O3. The summed E-state index contributed by atoms with van der Waals surface area (Å²) in [6, 6.07) is 3.19. The van der Waals surface area contributed by atoms with Crippen molar-refractivity contribution in [2.24, 2.45) is 0 Å². The molecule has 1 amide bonds. The SMILES string of the molecule is CC(C)Oc1ccc2c(c1F)/C(=C/c1cnc(N3CCOCC3)[nH]1)C(=O)N2.